The summed E-state index contributed by atoms with van der Waals surface area (Å²) in [4.78, 5) is 11.2. The van der Waals surface area contributed by atoms with Gasteiger partial charge in [-0.25, -0.2) is 0 Å². The molecule has 7 heteroatoms. The van der Waals surface area contributed by atoms with Crippen LogP contribution in [0.15, 0.2) is 23.3 Å². The lowest BCUT2D eigenvalue weighted by Gasteiger charge is -2.37. The zero-order valence-electron chi connectivity index (χ0n) is 25.0. The smallest absolute Gasteiger partial charge is 0.191 e. The van der Waals surface area contributed by atoms with E-state index in [1.807, 2.05) is 0 Å². The third kappa shape index (κ3) is 16.8. The topological polar surface area (TPSA) is 63.2 Å². The molecule has 0 aromatic heterocycles. The Balaban J connectivity index is 5.25. The van der Waals surface area contributed by atoms with Gasteiger partial charge in [0.1, 0.15) is 19.4 Å². The normalized spacial score (nSPS) is 15.3. The summed E-state index contributed by atoms with van der Waals surface area (Å²) < 4.78 is 28.6. The lowest BCUT2D eigenvalue weighted by Crippen LogP contribution is -2.41. The summed E-state index contributed by atoms with van der Waals surface area (Å²) in [6.45, 7) is 19.3. The predicted octanol–water partition coefficient (Wildman–Crippen LogP) is 7.45. The Hall–Kier alpha value is -0.833. The van der Waals surface area contributed by atoms with Gasteiger partial charge in [-0.15, -0.1) is 0 Å². The molecule has 0 aromatic carbocycles. The second-order valence-electron chi connectivity index (χ2n) is 11.5. The first-order valence-corrected chi connectivity index (χ1v) is 16.4. The fraction of sp³-hybridized carbons (Fsp3) is 0.828. The Kier molecular flexibility index (Phi) is 18.8. The summed E-state index contributed by atoms with van der Waals surface area (Å²) >= 11 is 0. The second kappa shape index (κ2) is 19.3. The molecule has 0 bridgehead atoms. The van der Waals surface area contributed by atoms with Crippen LogP contribution in [0.25, 0.3) is 0 Å². The minimum Gasteiger partial charge on any atom is -0.417 e. The van der Waals surface area contributed by atoms with Crippen LogP contribution >= 0.6 is 0 Å². The van der Waals surface area contributed by atoms with Gasteiger partial charge >= 0.3 is 0 Å². The molecule has 0 aromatic rings. The van der Waals surface area contributed by atoms with Gasteiger partial charge in [-0.2, -0.15) is 0 Å². The standard InChI is InChI=1S/C29H56O6Si/c1-24(14-12-16-26(3)30)13-11-15-25(2)21-28(34-23-32-8)27(17-19-33-22-31-7)18-20-35-36(9,10)29(4,5)6/h13,21,27-28H,11-12,14-20,22-23H2,1-10H3/b24-13+,25-21+/t27-,28+/m0/s1. The van der Waals surface area contributed by atoms with E-state index in [4.69, 9.17) is 23.4 Å². The summed E-state index contributed by atoms with van der Waals surface area (Å²) in [7, 11) is 1.49. The molecule has 0 saturated heterocycles. The van der Waals surface area contributed by atoms with Gasteiger partial charge in [0, 0.05) is 33.9 Å². The maximum atomic E-state index is 11.2. The zero-order chi connectivity index (χ0) is 27.6. The van der Waals surface area contributed by atoms with Crippen LogP contribution in [0.2, 0.25) is 18.1 Å². The van der Waals surface area contributed by atoms with Gasteiger partial charge in [-0.05, 0) is 83.3 Å². The van der Waals surface area contributed by atoms with E-state index in [1.54, 1.807) is 21.1 Å². The van der Waals surface area contributed by atoms with Crippen molar-refractivity contribution in [2.45, 2.75) is 111 Å². The molecule has 2 atom stereocenters. The molecule has 0 fully saturated rings. The van der Waals surface area contributed by atoms with Crippen molar-refractivity contribution in [1.29, 1.82) is 0 Å². The fourth-order valence-electron chi connectivity index (χ4n) is 3.63. The number of rotatable bonds is 21. The molecule has 0 aliphatic rings. The quantitative estimate of drug-likeness (QED) is 0.0667. The molecule has 0 radical (unpaired) electrons. The number of methoxy groups -OCH3 is 2. The Morgan fingerprint density at radius 1 is 0.889 bits per heavy atom. The summed E-state index contributed by atoms with van der Waals surface area (Å²) in [6.07, 6.45) is 10.8. The first kappa shape index (κ1) is 35.2. The lowest BCUT2D eigenvalue weighted by atomic mass is 9.93. The Morgan fingerprint density at radius 3 is 2.11 bits per heavy atom. The summed E-state index contributed by atoms with van der Waals surface area (Å²) in [5, 5.41) is 0.185. The van der Waals surface area contributed by atoms with Crippen LogP contribution in [0.5, 0.6) is 0 Å². The van der Waals surface area contributed by atoms with Gasteiger partial charge in [0.15, 0.2) is 8.32 Å². The first-order chi connectivity index (χ1) is 16.8. The van der Waals surface area contributed by atoms with Crippen LogP contribution in [0, 0.1) is 5.92 Å². The highest BCUT2D eigenvalue weighted by molar-refractivity contribution is 6.74. The number of carbonyl (C=O) groups excluding carboxylic acids is 1. The van der Waals surface area contributed by atoms with Crippen LogP contribution in [-0.2, 0) is 28.2 Å². The number of allylic oxidation sites excluding steroid dienone is 3. The molecule has 0 aliphatic carbocycles. The van der Waals surface area contributed by atoms with E-state index >= 15 is 0 Å². The van der Waals surface area contributed by atoms with E-state index in [9.17, 15) is 4.79 Å². The minimum atomic E-state index is -1.81. The average molecular weight is 529 g/mol. The Labute approximate surface area is 223 Å². The molecule has 36 heavy (non-hydrogen) atoms. The van der Waals surface area contributed by atoms with Gasteiger partial charge in [0.25, 0.3) is 0 Å². The monoisotopic (exact) mass is 528 g/mol. The van der Waals surface area contributed by atoms with Crippen molar-refractivity contribution in [2.75, 3.05) is 41.0 Å². The number of carbonyl (C=O) groups is 1. The average Bonchev–Trinajstić information content (AvgIpc) is 2.77. The zero-order valence-corrected chi connectivity index (χ0v) is 26.0. The van der Waals surface area contributed by atoms with Gasteiger partial charge in [0.2, 0.25) is 0 Å². The largest absolute Gasteiger partial charge is 0.417 e. The van der Waals surface area contributed by atoms with Gasteiger partial charge in [-0.3, -0.25) is 0 Å². The van der Waals surface area contributed by atoms with Crippen LogP contribution in [0.1, 0.15) is 86.5 Å². The van der Waals surface area contributed by atoms with Crippen LogP contribution in [-0.4, -0.2) is 61.2 Å². The van der Waals surface area contributed by atoms with Gasteiger partial charge < -0.3 is 28.2 Å². The number of hydrogen-bond acceptors (Lipinski definition) is 6. The van der Waals surface area contributed by atoms with Gasteiger partial charge in [0.05, 0.1) is 6.10 Å². The molecule has 0 heterocycles. The van der Waals surface area contributed by atoms with Crippen molar-refractivity contribution in [2.24, 2.45) is 5.92 Å². The lowest BCUT2D eigenvalue weighted by molar-refractivity contribution is -0.117. The molecular formula is C29H56O6Si. The third-order valence-electron chi connectivity index (χ3n) is 7.02. The molecular weight excluding hydrogens is 472 g/mol. The van der Waals surface area contributed by atoms with E-state index < -0.39 is 8.32 Å². The van der Waals surface area contributed by atoms with E-state index in [0.29, 0.717) is 26.4 Å². The highest BCUT2D eigenvalue weighted by Gasteiger charge is 2.37. The van der Waals surface area contributed by atoms with E-state index in [2.05, 4.69) is 59.9 Å². The highest BCUT2D eigenvalue weighted by Crippen LogP contribution is 2.37. The maximum absolute atomic E-state index is 11.2. The second-order valence-corrected chi connectivity index (χ2v) is 16.3. The summed E-state index contributed by atoms with van der Waals surface area (Å²) in [5.41, 5.74) is 2.66. The number of hydrogen-bond donors (Lipinski definition) is 0. The van der Waals surface area contributed by atoms with Crippen molar-refractivity contribution in [3.05, 3.63) is 23.3 Å². The first-order valence-electron chi connectivity index (χ1n) is 13.5. The highest BCUT2D eigenvalue weighted by atomic mass is 28.4. The molecule has 0 amide bonds. The van der Waals surface area contributed by atoms with Crippen molar-refractivity contribution < 1.29 is 28.2 Å². The van der Waals surface area contributed by atoms with Crippen molar-refractivity contribution in [3.63, 3.8) is 0 Å². The molecule has 0 unspecified atom stereocenters. The summed E-state index contributed by atoms with van der Waals surface area (Å²) in [6, 6.07) is 0. The number of ether oxygens (including phenoxy) is 4. The van der Waals surface area contributed by atoms with Crippen LogP contribution < -0.4 is 0 Å². The van der Waals surface area contributed by atoms with Crippen molar-refractivity contribution in [1.82, 2.24) is 0 Å². The van der Waals surface area contributed by atoms with E-state index in [-0.39, 0.29) is 29.6 Å². The Morgan fingerprint density at radius 2 is 1.53 bits per heavy atom. The molecule has 0 aliphatic heterocycles. The van der Waals surface area contributed by atoms with Crippen LogP contribution in [0.4, 0.5) is 0 Å². The minimum absolute atomic E-state index is 0.0697. The molecule has 0 saturated carbocycles. The molecule has 6 nitrogen and oxygen atoms in total. The third-order valence-corrected chi connectivity index (χ3v) is 11.6. The molecule has 212 valence electrons. The molecule has 0 spiro atoms. The summed E-state index contributed by atoms with van der Waals surface area (Å²) in [5.74, 6) is 0.515. The van der Waals surface area contributed by atoms with Gasteiger partial charge in [-0.1, -0.05) is 44.1 Å². The predicted molar refractivity (Wildman–Crippen MR) is 152 cm³/mol. The molecule has 0 N–H and O–H groups in total. The SMILES string of the molecule is COCOCC[C@@H](CCO[Si](C)(C)C(C)(C)C)[C@@H](/C=C(\C)CC/C=C(\C)CCCC(C)=O)OCOC. The maximum Gasteiger partial charge on any atom is 0.191 e. The number of ketones is 1. The van der Waals surface area contributed by atoms with E-state index in [1.165, 1.54) is 11.1 Å². The van der Waals surface area contributed by atoms with Crippen LogP contribution in [0.3, 0.4) is 0 Å². The van der Waals surface area contributed by atoms with Crippen molar-refractivity contribution >= 4 is 14.1 Å². The van der Waals surface area contributed by atoms with E-state index in [0.717, 1.165) is 38.5 Å². The fourth-order valence-corrected chi connectivity index (χ4v) is 4.69. The van der Waals surface area contributed by atoms with Crippen molar-refractivity contribution in [3.8, 4) is 0 Å². The molecule has 0 rings (SSSR count). The Bertz CT molecular complexity index is 651. The number of Topliss-reactive ketones (excluding diaryl/α,β-unsaturated/α-hetero) is 1.